The lowest BCUT2D eigenvalue weighted by Crippen LogP contribution is -2.40. The number of aryl methyl sites for hydroxylation is 1. The van der Waals surface area contributed by atoms with Crippen LogP contribution in [0.4, 0.5) is 8.78 Å². The van der Waals surface area contributed by atoms with E-state index in [-0.39, 0.29) is 18.1 Å². The van der Waals surface area contributed by atoms with E-state index >= 15 is 0 Å². The maximum atomic E-state index is 12.4. The number of carbonyl (C=O) groups excluding carboxylic acids is 2. The Morgan fingerprint density at radius 2 is 1.79 bits per heavy atom. The molecule has 0 unspecified atom stereocenters. The van der Waals surface area contributed by atoms with E-state index in [1.807, 2.05) is 6.92 Å². The molecule has 0 saturated heterocycles. The molecule has 0 spiro atoms. The second kappa shape index (κ2) is 10.1. The van der Waals surface area contributed by atoms with Gasteiger partial charge in [-0.1, -0.05) is 23.8 Å². The first kappa shape index (κ1) is 20.9. The molecule has 0 aromatic heterocycles. The van der Waals surface area contributed by atoms with Gasteiger partial charge in [-0.25, -0.2) is 0 Å². The van der Waals surface area contributed by atoms with E-state index in [2.05, 4.69) is 15.6 Å². The third-order valence-electron chi connectivity index (χ3n) is 3.52. The van der Waals surface area contributed by atoms with Gasteiger partial charge in [-0.2, -0.15) is 8.78 Å². The number of ether oxygens (including phenoxy) is 2. The molecule has 0 radical (unpaired) electrons. The van der Waals surface area contributed by atoms with E-state index in [0.29, 0.717) is 11.1 Å². The smallest absolute Gasteiger partial charge is 0.387 e. The fraction of sp³-hybridized carbons (Fsp3) is 0.200. The molecule has 2 rings (SSSR count). The van der Waals surface area contributed by atoms with Gasteiger partial charge < -0.3 is 9.47 Å². The largest absolute Gasteiger partial charge is 0.490 e. The molecule has 6 nitrogen and oxygen atoms in total. The maximum absolute atomic E-state index is 12.4. The van der Waals surface area contributed by atoms with Crippen molar-refractivity contribution in [2.24, 2.45) is 0 Å². The van der Waals surface area contributed by atoms with Crippen molar-refractivity contribution in [3.8, 4) is 11.5 Å². The monoisotopic (exact) mass is 390 g/mol. The molecule has 0 fully saturated rings. The van der Waals surface area contributed by atoms with Gasteiger partial charge in [0.15, 0.2) is 11.5 Å². The predicted molar refractivity (Wildman–Crippen MR) is 100 cm³/mol. The first-order chi connectivity index (χ1) is 13.4. The van der Waals surface area contributed by atoms with Crippen molar-refractivity contribution in [3.05, 3.63) is 65.2 Å². The van der Waals surface area contributed by atoms with Crippen LogP contribution in [0.3, 0.4) is 0 Å². The molecule has 2 aromatic carbocycles. The predicted octanol–water partition coefficient (Wildman–Crippen LogP) is 3.47. The number of carbonyl (C=O) groups is 2. The van der Waals surface area contributed by atoms with Crippen molar-refractivity contribution < 1.29 is 27.8 Å². The summed E-state index contributed by atoms with van der Waals surface area (Å²) in [6.45, 7) is 0.901. The third kappa shape index (κ3) is 6.39. The lowest BCUT2D eigenvalue weighted by atomic mass is 10.1. The highest BCUT2D eigenvalue weighted by molar-refractivity contribution is 5.97. The minimum atomic E-state index is -2.97. The zero-order valence-corrected chi connectivity index (χ0v) is 15.4. The van der Waals surface area contributed by atoms with Gasteiger partial charge in [-0.05, 0) is 49.8 Å². The summed E-state index contributed by atoms with van der Waals surface area (Å²) in [4.78, 5) is 23.8. The molecule has 0 aliphatic heterocycles. The number of rotatable bonds is 7. The van der Waals surface area contributed by atoms with Crippen LogP contribution in [0.2, 0.25) is 0 Å². The van der Waals surface area contributed by atoms with Gasteiger partial charge >= 0.3 is 6.61 Å². The Kier molecular flexibility index (Phi) is 7.50. The summed E-state index contributed by atoms with van der Waals surface area (Å²) in [6, 6.07) is 11.1. The highest BCUT2D eigenvalue weighted by Crippen LogP contribution is 2.30. The summed E-state index contributed by atoms with van der Waals surface area (Å²) in [6.07, 6.45) is 2.64. The fourth-order valence-corrected chi connectivity index (χ4v) is 2.20. The lowest BCUT2D eigenvalue weighted by molar-refractivity contribution is -0.117. The van der Waals surface area contributed by atoms with Crippen LogP contribution in [0.15, 0.2) is 48.5 Å². The lowest BCUT2D eigenvalue weighted by Gasteiger charge is -2.11. The van der Waals surface area contributed by atoms with Crippen molar-refractivity contribution in [1.29, 1.82) is 0 Å². The third-order valence-corrected chi connectivity index (χ3v) is 3.52. The van der Waals surface area contributed by atoms with E-state index in [9.17, 15) is 18.4 Å². The molecule has 0 saturated carbocycles. The van der Waals surface area contributed by atoms with Crippen LogP contribution in [-0.4, -0.2) is 25.0 Å². The van der Waals surface area contributed by atoms with Crippen molar-refractivity contribution in [3.63, 3.8) is 0 Å². The van der Waals surface area contributed by atoms with Crippen LogP contribution in [0.1, 0.15) is 28.4 Å². The molecule has 0 heterocycles. The maximum Gasteiger partial charge on any atom is 0.387 e. The molecular weight excluding hydrogens is 370 g/mol. The zero-order chi connectivity index (χ0) is 20.5. The van der Waals surface area contributed by atoms with Crippen molar-refractivity contribution in [2.75, 3.05) is 6.61 Å². The van der Waals surface area contributed by atoms with Crippen LogP contribution in [0.5, 0.6) is 11.5 Å². The summed E-state index contributed by atoms with van der Waals surface area (Å²) in [5.41, 5.74) is 6.52. The summed E-state index contributed by atoms with van der Waals surface area (Å²) in [5.74, 6) is -0.970. The number of benzene rings is 2. The molecule has 0 aliphatic carbocycles. The van der Waals surface area contributed by atoms with Crippen molar-refractivity contribution in [2.45, 2.75) is 20.5 Å². The normalized spacial score (nSPS) is 10.8. The number of hydrazine groups is 1. The van der Waals surface area contributed by atoms with Crippen molar-refractivity contribution >= 4 is 17.9 Å². The van der Waals surface area contributed by atoms with Crippen LogP contribution in [0.25, 0.3) is 6.08 Å². The highest BCUT2D eigenvalue weighted by atomic mass is 19.3. The Balaban J connectivity index is 1.96. The van der Waals surface area contributed by atoms with Crippen LogP contribution in [0, 0.1) is 6.92 Å². The minimum Gasteiger partial charge on any atom is -0.490 e. The summed E-state index contributed by atoms with van der Waals surface area (Å²) < 4.78 is 34.5. The van der Waals surface area contributed by atoms with Crippen LogP contribution < -0.4 is 20.3 Å². The first-order valence-electron chi connectivity index (χ1n) is 8.45. The van der Waals surface area contributed by atoms with Gasteiger partial charge in [0.05, 0.1) is 6.61 Å². The molecule has 0 aliphatic rings. The summed E-state index contributed by atoms with van der Waals surface area (Å²) in [7, 11) is 0. The Hall–Kier alpha value is -3.42. The molecule has 2 N–H and O–H groups in total. The molecule has 8 heteroatoms. The molecule has 2 aromatic rings. The van der Waals surface area contributed by atoms with E-state index in [1.165, 1.54) is 30.4 Å². The van der Waals surface area contributed by atoms with Gasteiger partial charge in [0, 0.05) is 11.6 Å². The number of alkyl halides is 2. The highest BCUT2D eigenvalue weighted by Gasteiger charge is 2.11. The SMILES string of the molecule is CCOc1cc(/C=C/C(=O)NNC(=O)c2ccc(C)cc2)ccc1OC(F)F. The first-order valence-corrected chi connectivity index (χ1v) is 8.45. The Morgan fingerprint density at radius 3 is 2.43 bits per heavy atom. The number of halogens is 2. The van der Waals surface area contributed by atoms with Gasteiger partial charge in [0.25, 0.3) is 11.8 Å². The average Bonchev–Trinajstić information content (AvgIpc) is 2.66. The quantitative estimate of drug-likeness (QED) is 0.561. The Labute approximate surface area is 161 Å². The number of hydrogen-bond acceptors (Lipinski definition) is 4. The van der Waals surface area contributed by atoms with Crippen molar-refractivity contribution in [1.82, 2.24) is 10.9 Å². The van der Waals surface area contributed by atoms with E-state index in [1.54, 1.807) is 31.2 Å². The van der Waals surface area contributed by atoms with Gasteiger partial charge in [-0.15, -0.1) is 0 Å². The molecule has 0 bridgehead atoms. The second-order valence-corrected chi connectivity index (χ2v) is 5.66. The van der Waals surface area contributed by atoms with E-state index < -0.39 is 18.4 Å². The average molecular weight is 390 g/mol. The molecule has 0 atom stereocenters. The van der Waals surface area contributed by atoms with Crippen LogP contribution >= 0.6 is 0 Å². The topological polar surface area (TPSA) is 76.7 Å². The zero-order valence-electron chi connectivity index (χ0n) is 15.4. The van der Waals surface area contributed by atoms with E-state index in [4.69, 9.17) is 4.74 Å². The number of amides is 2. The summed E-state index contributed by atoms with van der Waals surface area (Å²) in [5, 5.41) is 0. The van der Waals surface area contributed by atoms with E-state index in [0.717, 1.165) is 5.56 Å². The fourth-order valence-electron chi connectivity index (χ4n) is 2.20. The van der Waals surface area contributed by atoms with Gasteiger partial charge in [0.1, 0.15) is 0 Å². The Morgan fingerprint density at radius 1 is 1.07 bits per heavy atom. The second-order valence-electron chi connectivity index (χ2n) is 5.66. The number of hydrogen-bond donors (Lipinski definition) is 2. The van der Waals surface area contributed by atoms with Crippen LogP contribution in [-0.2, 0) is 4.79 Å². The van der Waals surface area contributed by atoms with Gasteiger partial charge in [0.2, 0.25) is 0 Å². The standard InChI is InChI=1S/C20H20F2N2O4/c1-3-27-17-12-14(6-10-16(17)28-20(21)22)7-11-18(25)23-24-19(26)15-8-4-13(2)5-9-15/h4-12,20H,3H2,1-2H3,(H,23,25)(H,24,26)/b11-7+. The summed E-state index contributed by atoms with van der Waals surface area (Å²) >= 11 is 0. The molecule has 2 amide bonds. The Bertz CT molecular complexity index is 852. The van der Waals surface area contributed by atoms with Gasteiger partial charge in [-0.3, -0.25) is 20.4 Å². The minimum absolute atomic E-state index is 0.0937. The number of nitrogens with one attached hydrogen (secondary N) is 2. The molecule has 148 valence electrons. The molecule has 28 heavy (non-hydrogen) atoms. The molecular formula is C20H20F2N2O4.